The lowest BCUT2D eigenvalue weighted by Crippen LogP contribution is -2.46. The first-order valence-corrected chi connectivity index (χ1v) is 9.20. The van der Waals surface area contributed by atoms with Gasteiger partial charge >= 0.3 is 0 Å². The Kier molecular flexibility index (Phi) is 5.40. The van der Waals surface area contributed by atoms with E-state index in [9.17, 15) is 0 Å². The second-order valence-electron chi connectivity index (χ2n) is 7.28. The maximum Gasteiger partial charge on any atom is 0.191 e. The van der Waals surface area contributed by atoms with Crippen molar-refractivity contribution in [2.75, 3.05) is 26.2 Å². The molecule has 0 bridgehead atoms. The molecule has 3 aliphatic rings. The number of likely N-dealkylation sites (tertiary alicyclic amines) is 1. The highest BCUT2D eigenvalue weighted by molar-refractivity contribution is 5.80. The Morgan fingerprint density at radius 2 is 2.09 bits per heavy atom. The summed E-state index contributed by atoms with van der Waals surface area (Å²) < 4.78 is 0. The van der Waals surface area contributed by atoms with Gasteiger partial charge in [-0.25, -0.2) is 0 Å². The van der Waals surface area contributed by atoms with Crippen molar-refractivity contribution in [3.63, 3.8) is 0 Å². The second-order valence-corrected chi connectivity index (χ2v) is 7.28. The first-order chi connectivity index (χ1) is 10.8. The molecule has 0 spiro atoms. The molecular formula is C18H32N4. The molecule has 22 heavy (non-hydrogen) atoms. The van der Waals surface area contributed by atoms with Crippen molar-refractivity contribution in [3.05, 3.63) is 12.2 Å². The van der Waals surface area contributed by atoms with E-state index in [1.165, 1.54) is 45.2 Å². The molecule has 1 heterocycles. The Hall–Kier alpha value is -1.03. The SMILES string of the molecule is CCNC(=NCC1CC=CCC1)NC1CN(C2CC2)CC1C. The molecule has 1 saturated heterocycles. The minimum absolute atomic E-state index is 0.546. The number of hydrogen-bond acceptors (Lipinski definition) is 2. The fourth-order valence-electron chi connectivity index (χ4n) is 3.67. The van der Waals surface area contributed by atoms with Crippen LogP contribution >= 0.6 is 0 Å². The molecule has 124 valence electrons. The molecule has 4 nitrogen and oxygen atoms in total. The van der Waals surface area contributed by atoms with Crippen LogP contribution in [-0.4, -0.2) is 49.1 Å². The lowest BCUT2D eigenvalue weighted by molar-refractivity contribution is 0.315. The lowest BCUT2D eigenvalue weighted by atomic mass is 9.95. The fourth-order valence-corrected chi connectivity index (χ4v) is 3.67. The first-order valence-electron chi connectivity index (χ1n) is 9.20. The average molecular weight is 304 g/mol. The molecule has 2 fully saturated rings. The van der Waals surface area contributed by atoms with Gasteiger partial charge < -0.3 is 10.6 Å². The second kappa shape index (κ2) is 7.49. The maximum atomic E-state index is 4.86. The molecule has 0 aromatic rings. The zero-order valence-electron chi connectivity index (χ0n) is 14.2. The molecule has 1 aliphatic heterocycles. The lowest BCUT2D eigenvalue weighted by Gasteiger charge is -2.21. The van der Waals surface area contributed by atoms with Gasteiger partial charge in [-0.05, 0) is 50.9 Å². The van der Waals surface area contributed by atoms with Crippen molar-refractivity contribution in [1.82, 2.24) is 15.5 Å². The van der Waals surface area contributed by atoms with Crippen molar-refractivity contribution >= 4 is 5.96 Å². The van der Waals surface area contributed by atoms with E-state index in [0.29, 0.717) is 12.0 Å². The normalized spacial score (nSPS) is 33.2. The zero-order chi connectivity index (χ0) is 15.4. The van der Waals surface area contributed by atoms with Gasteiger partial charge in [0, 0.05) is 38.3 Å². The van der Waals surface area contributed by atoms with E-state index in [0.717, 1.165) is 31.0 Å². The molecular weight excluding hydrogens is 272 g/mol. The summed E-state index contributed by atoms with van der Waals surface area (Å²) >= 11 is 0. The van der Waals surface area contributed by atoms with Crippen LogP contribution < -0.4 is 10.6 Å². The average Bonchev–Trinajstić information content (AvgIpc) is 3.31. The van der Waals surface area contributed by atoms with Crippen molar-refractivity contribution in [3.8, 4) is 0 Å². The van der Waals surface area contributed by atoms with Gasteiger partial charge in [0.25, 0.3) is 0 Å². The third-order valence-corrected chi connectivity index (χ3v) is 5.26. The summed E-state index contributed by atoms with van der Waals surface area (Å²) in [4.78, 5) is 7.53. The summed E-state index contributed by atoms with van der Waals surface area (Å²) in [6.07, 6.45) is 11.1. The predicted octanol–water partition coefficient (Wildman–Crippen LogP) is 2.38. The molecule has 2 N–H and O–H groups in total. The van der Waals surface area contributed by atoms with Crippen LogP contribution in [0.15, 0.2) is 17.1 Å². The standard InChI is InChI=1S/C18H32N4/c1-3-19-18(20-11-15-7-5-4-6-8-15)21-17-13-22(12-14(17)2)16-9-10-16/h4-5,14-17H,3,6-13H2,1-2H3,(H2,19,20,21). The van der Waals surface area contributed by atoms with E-state index in [4.69, 9.17) is 4.99 Å². The summed E-state index contributed by atoms with van der Waals surface area (Å²) in [5, 5.41) is 7.13. The number of nitrogens with one attached hydrogen (secondary N) is 2. The van der Waals surface area contributed by atoms with Gasteiger partial charge in [0.1, 0.15) is 0 Å². The Bertz CT molecular complexity index is 413. The topological polar surface area (TPSA) is 39.7 Å². The molecule has 0 aromatic carbocycles. The quantitative estimate of drug-likeness (QED) is 0.465. The smallest absolute Gasteiger partial charge is 0.191 e. The molecule has 1 saturated carbocycles. The van der Waals surface area contributed by atoms with Gasteiger partial charge in [0.05, 0.1) is 0 Å². The van der Waals surface area contributed by atoms with E-state index in [-0.39, 0.29) is 0 Å². The summed E-state index contributed by atoms with van der Waals surface area (Å²) in [7, 11) is 0. The van der Waals surface area contributed by atoms with E-state index >= 15 is 0 Å². The monoisotopic (exact) mass is 304 g/mol. The Morgan fingerprint density at radius 1 is 1.23 bits per heavy atom. The van der Waals surface area contributed by atoms with Gasteiger partial charge in [0.15, 0.2) is 5.96 Å². The number of guanidine groups is 1. The predicted molar refractivity (Wildman–Crippen MR) is 93.1 cm³/mol. The largest absolute Gasteiger partial charge is 0.357 e. The summed E-state index contributed by atoms with van der Waals surface area (Å²) in [5.41, 5.74) is 0. The highest BCUT2D eigenvalue weighted by Crippen LogP contribution is 2.31. The number of rotatable bonds is 5. The highest BCUT2D eigenvalue weighted by Gasteiger charge is 2.38. The van der Waals surface area contributed by atoms with Gasteiger partial charge in [-0.1, -0.05) is 19.1 Å². The van der Waals surface area contributed by atoms with Gasteiger partial charge in [-0.2, -0.15) is 0 Å². The van der Waals surface area contributed by atoms with E-state index in [1.54, 1.807) is 0 Å². The van der Waals surface area contributed by atoms with Crippen LogP contribution in [0.5, 0.6) is 0 Å². The summed E-state index contributed by atoms with van der Waals surface area (Å²) in [5.74, 6) is 2.46. The minimum atomic E-state index is 0.546. The third-order valence-electron chi connectivity index (χ3n) is 5.26. The van der Waals surface area contributed by atoms with Crippen LogP contribution in [0.25, 0.3) is 0 Å². The summed E-state index contributed by atoms with van der Waals surface area (Å²) in [6, 6.07) is 1.42. The zero-order valence-corrected chi connectivity index (χ0v) is 14.2. The van der Waals surface area contributed by atoms with Crippen molar-refractivity contribution in [2.45, 2.75) is 58.0 Å². The Labute approximate surface area is 135 Å². The van der Waals surface area contributed by atoms with Crippen molar-refractivity contribution in [2.24, 2.45) is 16.8 Å². The fraction of sp³-hybridized carbons (Fsp3) is 0.833. The summed E-state index contributed by atoms with van der Waals surface area (Å²) in [6.45, 7) is 8.83. The first kappa shape index (κ1) is 15.9. The van der Waals surface area contributed by atoms with E-state index in [2.05, 4.69) is 41.5 Å². The van der Waals surface area contributed by atoms with Gasteiger partial charge in [-0.3, -0.25) is 9.89 Å². The van der Waals surface area contributed by atoms with Crippen LogP contribution in [0.3, 0.4) is 0 Å². The maximum absolute atomic E-state index is 4.86. The number of aliphatic imine (C=N–C) groups is 1. The van der Waals surface area contributed by atoms with Crippen LogP contribution in [0, 0.1) is 11.8 Å². The van der Waals surface area contributed by atoms with E-state index < -0.39 is 0 Å². The molecule has 3 unspecified atom stereocenters. The molecule has 0 aromatic heterocycles. The molecule has 3 atom stereocenters. The Morgan fingerprint density at radius 3 is 2.77 bits per heavy atom. The van der Waals surface area contributed by atoms with Gasteiger partial charge in [0.2, 0.25) is 0 Å². The molecule has 4 heteroatoms. The third kappa shape index (κ3) is 4.25. The number of nitrogens with zero attached hydrogens (tertiary/aromatic N) is 2. The van der Waals surface area contributed by atoms with Crippen molar-refractivity contribution < 1.29 is 0 Å². The minimum Gasteiger partial charge on any atom is -0.357 e. The van der Waals surface area contributed by atoms with Crippen LogP contribution in [0.1, 0.15) is 46.0 Å². The van der Waals surface area contributed by atoms with E-state index in [1.807, 2.05) is 0 Å². The number of hydrogen-bond donors (Lipinski definition) is 2. The van der Waals surface area contributed by atoms with Crippen LogP contribution in [0.2, 0.25) is 0 Å². The Balaban J connectivity index is 1.52. The molecule has 2 aliphatic carbocycles. The molecule has 0 radical (unpaired) electrons. The van der Waals surface area contributed by atoms with Crippen LogP contribution in [0.4, 0.5) is 0 Å². The van der Waals surface area contributed by atoms with Gasteiger partial charge in [-0.15, -0.1) is 0 Å². The van der Waals surface area contributed by atoms with Crippen LogP contribution in [-0.2, 0) is 0 Å². The molecule has 3 rings (SSSR count). The number of allylic oxidation sites excluding steroid dienone is 2. The molecule has 0 amide bonds. The van der Waals surface area contributed by atoms with Crippen molar-refractivity contribution in [1.29, 1.82) is 0 Å². The highest BCUT2D eigenvalue weighted by atomic mass is 15.3.